The minimum absolute atomic E-state index is 1.13. The second-order valence-corrected chi connectivity index (χ2v) is 1.97. The van der Waals surface area contributed by atoms with Gasteiger partial charge in [0.05, 0.1) is 0 Å². The molecule has 1 unspecified atom stereocenters. The molecular weight excluding hydrogens is 147 g/mol. The van der Waals surface area contributed by atoms with Crippen molar-refractivity contribution in [2.75, 3.05) is 0 Å². The zero-order chi connectivity index (χ0) is 7.44. The highest BCUT2D eigenvalue weighted by Crippen LogP contribution is 2.12. The molecule has 1 N–H and O–H groups in total. The third kappa shape index (κ3) is 4.02. The molecule has 0 fully saturated rings. The van der Waals surface area contributed by atoms with Crippen molar-refractivity contribution in [3.8, 4) is 0 Å². The molecule has 0 saturated heterocycles. The molecule has 0 amide bonds. The minimum Gasteiger partial charge on any atom is -0.566 e. The van der Waals surface area contributed by atoms with Crippen LogP contribution >= 0.6 is 8.25 Å². The van der Waals surface area contributed by atoms with E-state index in [-0.39, 0.29) is 0 Å². The fraction of sp³-hybridized carbons (Fsp3) is 0.667. The van der Waals surface area contributed by atoms with Crippen molar-refractivity contribution < 1.29 is 23.9 Å². The first kappa shape index (κ1) is 8.49. The first-order valence-electron chi connectivity index (χ1n) is 2.08. The number of hydrogen-bond donors (Lipinski definition) is 1. The van der Waals surface area contributed by atoms with Crippen LogP contribution in [0.25, 0.3) is 0 Å². The first-order chi connectivity index (χ1) is 4.04. The standard InChI is InChI=1S/C3H5O5P/c1-2(3(4)5)8-9(6)7/h2H,1H3,(H,4,5)/t2-/m0/s1. The predicted octanol–water partition coefficient (Wildman–Crippen LogP) is -0.506. The summed E-state index contributed by atoms with van der Waals surface area (Å²) in [4.78, 5) is 19.5. The first-order valence-corrected chi connectivity index (χ1v) is 3.17. The summed E-state index contributed by atoms with van der Waals surface area (Å²) in [6.45, 7) is 1.13. The largest absolute Gasteiger partial charge is 0.566 e. The Morgan fingerprint density at radius 2 is 2.33 bits per heavy atom. The smallest absolute Gasteiger partial charge is 0.489 e. The summed E-state index contributed by atoms with van der Waals surface area (Å²) in [5, 5.41) is 8.04. The van der Waals surface area contributed by atoms with Gasteiger partial charge in [-0.1, -0.05) is 0 Å². The Kier molecular flexibility index (Phi) is 3.30. The van der Waals surface area contributed by atoms with Crippen LogP contribution in [0.5, 0.6) is 0 Å². The monoisotopic (exact) mass is 152 g/mol. The van der Waals surface area contributed by atoms with Crippen LogP contribution in [0.4, 0.5) is 0 Å². The summed E-state index contributed by atoms with van der Waals surface area (Å²) in [6, 6.07) is 0. The zero-order valence-corrected chi connectivity index (χ0v) is 5.50. The van der Waals surface area contributed by atoms with Gasteiger partial charge in [-0.2, -0.15) is 0 Å². The van der Waals surface area contributed by atoms with Crippen LogP contribution in [0.3, 0.4) is 0 Å². The molecule has 0 heterocycles. The quantitative estimate of drug-likeness (QED) is 0.550. The molecular formula is C3H5O5P. The summed E-state index contributed by atoms with van der Waals surface area (Å²) in [5.41, 5.74) is 0. The number of aliphatic carboxylic acids is 1. The second kappa shape index (κ2) is 3.50. The lowest BCUT2D eigenvalue weighted by atomic mass is 10.4. The Bertz CT molecular complexity index is 132. The van der Waals surface area contributed by atoms with E-state index in [0.29, 0.717) is 0 Å². The van der Waals surface area contributed by atoms with Crippen molar-refractivity contribution in [1.82, 2.24) is 0 Å². The molecule has 0 aliphatic heterocycles. The Labute approximate surface area is 52.2 Å². The average molecular weight is 152 g/mol. The number of rotatable bonds is 3. The summed E-state index contributed by atoms with van der Waals surface area (Å²) < 4.78 is 13.5. The van der Waals surface area contributed by atoms with Crippen molar-refractivity contribution >= 4 is 14.2 Å². The molecule has 0 rings (SSSR count). The molecule has 9 heavy (non-hydrogen) atoms. The summed E-state index contributed by atoms with van der Waals surface area (Å²) in [7, 11) is -3.05. The zero-order valence-electron chi connectivity index (χ0n) is 4.60. The van der Waals surface area contributed by atoms with Crippen LogP contribution in [-0.4, -0.2) is 17.2 Å². The van der Waals surface area contributed by atoms with E-state index >= 15 is 0 Å². The van der Waals surface area contributed by atoms with Crippen LogP contribution in [0.15, 0.2) is 0 Å². The topological polar surface area (TPSA) is 86.7 Å². The average Bonchev–Trinajstić information content (AvgIpc) is 1.63. The van der Waals surface area contributed by atoms with Crippen LogP contribution in [0.2, 0.25) is 0 Å². The van der Waals surface area contributed by atoms with E-state index in [9.17, 15) is 14.3 Å². The van der Waals surface area contributed by atoms with Crippen molar-refractivity contribution in [1.29, 1.82) is 0 Å². The molecule has 0 aliphatic rings. The van der Waals surface area contributed by atoms with Gasteiger partial charge in [-0.3, -0.25) is 0 Å². The minimum atomic E-state index is -3.05. The van der Waals surface area contributed by atoms with E-state index in [1.807, 2.05) is 0 Å². The Morgan fingerprint density at radius 3 is 2.44 bits per heavy atom. The number of hydrogen-bond acceptors (Lipinski definition) is 4. The van der Waals surface area contributed by atoms with Crippen LogP contribution in [-0.2, 0) is 13.9 Å². The fourth-order valence-electron chi connectivity index (χ4n) is 0.174. The summed E-state index contributed by atoms with van der Waals surface area (Å²) >= 11 is 0. The van der Waals surface area contributed by atoms with Gasteiger partial charge in [0.1, 0.15) is 0 Å². The Balaban J connectivity index is 3.63. The molecule has 0 aromatic heterocycles. The number of carboxylic acid groups (broad SMARTS) is 1. The van der Waals surface area contributed by atoms with Gasteiger partial charge in [-0.25, -0.2) is 4.79 Å². The SMILES string of the molecule is C[C@H](O[P+](=O)[O-])C(=O)O. The van der Waals surface area contributed by atoms with E-state index in [1.165, 1.54) is 0 Å². The normalized spacial score (nSPS) is 14.7. The van der Waals surface area contributed by atoms with Crippen LogP contribution < -0.4 is 4.89 Å². The van der Waals surface area contributed by atoms with Crippen LogP contribution in [0.1, 0.15) is 6.92 Å². The molecule has 2 atom stereocenters. The van der Waals surface area contributed by atoms with E-state index in [0.717, 1.165) is 6.92 Å². The predicted molar refractivity (Wildman–Crippen MR) is 25.8 cm³/mol. The summed E-state index contributed by atoms with van der Waals surface area (Å²) in [5.74, 6) is -1.30. The van der Waals surface area contributed by atoms with Crippen LogP contribution in [0, 0.1) is 0 Å². The molecule has 0 aliphatic carbocycles. The van der Waals surface area contributed by atoms with Gasteiger partial charge in [0.2, 0.25) is 6.10 Å². The van der Waals surface area contributed by atoms with Gasteiger partial charge in [-0.05, 0) is 11.5 Å². The fourth-order valence-corrected chi connectivity index (χ4v) is 0.523. The highest BCUT2D eigenvalue weighted by molar-refractivity contribution is 7.30. The highest BCUT2D eigenvalue weighted by atomic mass is 31.1. The van der Waals surface area contributed by atoms with Crippen molar-refractivity contribution in [2.24, 2.45) is 0 Å². The number of carbonyl (C=O) groups is 1. The second-order valence-electron chi connectivity index (χ2n) is 1.31. The summed E-state index contributed by atoms with van der Waals surface area (Å²) in [6.07, 6.45) is -1.29. The van der Waals surface area contributed by atoms with E-state index in [4.69, 9.17) is 5.11 Å². The van der Waals surface area contributed by atoms with E-state index in [1.54, 1.807) is 0 Å². The van der Waals surface area contributed by atoms with Gasteiger partial charge in [0.15, 0.2) is 0 Å². The third-order valence-electron chi connectivity index (χ3n) is 0.592. The van der Waals surface area contributed by atoms with Crippen molar-refractivity contribution in [3.63, 3.8) is 0 Å². The van der Waals surface area contributed by atoms with Gasteiger partial charge >= 0.3 is 14.2 Å². The maximum atomic E-state index is 9.84. The Hall–Kier alpha value is -0.510. The van der Waals surface area contributed by atoms with Gasteiger partial charge in [0, 0.05) is 0 Å². The molecule has 0 spiro atoms. The third-order valence-corrected chi connectivity index (χ3v) is 1.08. The lowest BCUT2D eigenvalue weighted by molar-refractivity contribution is -0.191. The highest BCUT2D eigenvalue weighted by Gasteiger charge is 2.18. The van der Waals surface area contributed by atoms with Crippen molar-refractivity contribution in [3.05, 3.63) is 0 Å². The van der Waals surface area contributed by atoms with Gasteiger partial charge in [0.25, 0.3) is 0 Å². The molecule has 5 nitrogen and oxygen atoms in total. The molecule has 0 aromatic rings. The van der Waals surface area contributed by atoms with Crippen molar-refractivity contribution in [2.45, 2.75) is 13.0 Å². The maximum absolute atomic E-state index is 9.84. The molecule has 0 radical (unpaired) electrons. The number of carboxylic acids is 1. The maximum Gasteiger partial charge on any atom is 0.489 e. The lowest BCUT2D eigenvalue weighted by Gasteiger charge is -1.95. The van der Waals surface area contributed by atoms with Gasteiger partial charge in [-0.15, -0.1) is 4.52 Å². The molecule has 0 saturated carbocycles. The van der Waals surface area contributed by atoms with E-state index in [2.05, 4.69) is 4.52 Å². The lowest BCUT2D eigenvalue weighted by Crippen LogP contribution is -2.17. The molecule has 0 aromatic carbocycles. The molecule has 0 bridgehead atoms. The van der Waals surface area contributed by atoms with Gasteiger partial charge < -0.3 is 10.00 Å². The molecule has 6 heteroatoms. The Morgan fingerprint density at radius 1 is 1.89 bits per heavy atom. The van der Waals surface area contributed by atoms with E-state index < -0.39 is 20.3 Å². The molecule has 52 valence electrons.